The summed E-state index contributed by atoms with van der Waals surface area (Å²) >= 11 is 0. The lowest BCUT2D eigenvalue weighted by Gasteiger charge is -2.12. The monoisotopic (exact) mass is 272 g/mol. The first-order chi connectivity index (χ1) is 9.72. The average molecular weight is 272 g/mol. The molecule has 0 radical (unpaired) electrons. The molecule has 0 aliphatic heterocycles. The van der Waals surface area contributed by atoms with E-state index in [0.717, 1.165) is 17.2 Å². The maximum absolute atomic E-state index is 9.06. The van der Waals surface area contributed by atoms with Gasteiger partial charge in [-0.3, -0.25) is 0 Å². The Morgan fingerprint density at radius 2 is 1.85 bits per heavy atom. The zero-order valence-corrected chi connectivity index (χ0v) is 11.8. The molecule has 0 saturated heterocycles. The van der Waals surface area contributed by atoms with Gasteiger partial charge in [0.2, 0.25) is 0 Å². The molecule has 2 aromatic rings. The van der Waals surface area contributed by atoms with Crippen molar-refractivity contribution in [2.45, 2.75) is 6.92 Å². The number of aliphatic hydroxyl groups excluding tert-OH is 1. The molecule has 0 fully saturated rings. The molecule has 3 N–H and O–H groups in total. The van der Waals surface area contributed by atoms with Gasteiger partial charge < -0.3 is 15.7 Å². The zero-order valence-electron chi connectivity index (χ0n) is 11.8. The van der Waals surface area contributed by atoms with Gasteiger partial charge in [0.15, 0.2) is 5.82 Å². The van der Waals surface area contributed by atoms with Crippen molar-refractivity contribution >= 4 is 11.6 Å². The molecular weight excluding hydrogens is 252 g/mol. The fourth-order valence-corrected chi connectivity index (χ4v) is 1.73. The number of hydrogen-bond acceptors (Lipinski definition) is 5. The maximum atomic E-state index is 9.06. The van der Waals surface area contributed by atoms with Crippen LogP contribution in [-0.4, -0.2) is 35.3 Å². The summed E-state index contributed by atoms with van der Waals surface area (Å²) in [5.74, 6) is 2.38. The van der Waals surface area contributed by atoms with E-state index in [1.54, 1.807) is 0 Å². The fraction of sp³-hybridized carbons (Fsp3) is 0.333. The van der Waals surface area contributed by atoms with Gasteiger partial charge in [0.25, 0.3) is 0 Å². The van der Waals surface area contributed by atoms with Crippen molar-refractivity contribution < 1.29 is 5.11 Å². The van der Waals surface area contributed by atoms with E-state index in [1.807, 2.05) is 50.4 Å². The van der Waals surface area contributed by atoms with Gasteiger partial charge in [0.05, 0.1) is 0 Å². The van der Waals surface area contributed by atoms with Crippen molar-refractivity contribution in [3.63, 3.8) is 0 Å². The number of nitrogens with zero attached hydrogens (tertiary/aromatic N) is 2. The third kappa shape index (κ3) is 3.68. The highest BCUT2D eigenvalue weighted by Crippen LogP contribution is 2.19. The fourth-order valence-electron chi connectivity index (χ4n) is 1.73. The molecule has 1 heterocycles. The Hall–Kier alpha value is -2.14. The predicted molar refractivity (Wildman–Crippen MR) is 81.8 cm³/mol. The molecule has 0 amide bonds. The first-order valence-corrected chi connectivity index (χ1v) is 6.70. The second kappa shape index (κ2) is 6.86. The number of hydrogen-bond donors (Lipinski definition) is 3. The molecule has 0 saturated carbocycles. The van der Waals surface area contributed by atoms with Crippen LogP contribution in [0.25, 0.3) is 11.4 Å². The largest absolute Gasteiger partial charge is 0.396 e. The van der Waals surface area contributed by atoms with Crippen LogP contribution in [0.1, 0.15) is 6.92 Å². The molecule has 0 spiro atoms. The van der Waals surface area contributed by atoms with E-state index >= 15 is 0 Å². The van der Waals surface area contributed by atoms with Crippen LogP contribution in [0.4, 0.5) is 11.6 Å². The lowest BCUT2D eigenvalue weighted by molar-refractivity contribution is 0.244. The highest BCUT2D eigenvalue weighted by Gasteiger charge is 2.07. The van der Waals surface area contributed by atoms with Gasteiger partial charge in [-0.25, -0.2) is 9.97 Å². The molecule has 1 unspecified atom stereocenters. The van der Waals surface area contributed by atoms with E-state index in [0.29, 0.717) is 12.4 Å². The highest BCUT2D eigenvalue weighted by molar-refractivity contribution is 5.61. The smallest absolute Gasteiger partial charge is 0.163 e. The Morgan fingerprint density at radius 3 is 2.50 bits per heavy atom. The zero-order chi connectivity index (χ0) is 14.4. The van der Waals surface area contributed by atoms with Crippen LogP contribution in [0.2, 0.25) is 0 Å². The third-order valence-corrected chi connectivity index (χ3v) is 2.96. The molecule has 1 atom stereocenters. The maximum Gasteiger partial charge on any atom is 0.163 e. The summed E-state index contributed by atoms with van der Waals surface area (Å²) < 4.78 is 0. The second-order valence-corrected chi connectivity index (χ2v) is 4.75. The van der Waals surface area contributed by atoms with Gasteiger partial charge in [-0.2, -0.15) is 0 Å². The molecule has 1 aromatic heterocycles. The Bertz CT molecular complexity index is 545. The summed E-state index contributed by atoms with van der Waals surface area (Å²) in [6.45, 7) is 2.80. The van der Waals surface area contributed by atoms with Crippen LogP contribution in [0.5, 0.6) is 0 Å². The quantitative estimate of drug-likeness (QED) is 0.752. The van der Waals surface area contributed by atoms with Crippen molar-refractivity contribution in [2.75, 3.05) is 30.8 Å². The van der Waals surface area contributed by atoms with Crippen LogP contribution in [0, 0.1) is 5.92 Å². The van der Waals surface area contributed by atoms with Gasteiger partial charge in [0.1, 0.15) is 11.6 Å². The van der Waals surface area contributed by atoms with E-state index < -0.39 is 0 Å². The highest BCUT2D eigenvalue weighted by atomic mass is 16.3. The van der Waals surface area contributed by atoms with Gasteiger partial charge in [-0.15, -0.1) is 0 Å². The molecule has 5 heteroatoms. The molecule has 0 aliphatic carbocycles. The third-order valence-electron chi connectivity index (χ3n) is 2.96. The SMILES string of the molecule is CNc1cc(NCC(C)CO)nc(-c2ccccc2)n1. The van der Waals surface area contributed by atoms with E-state index in [1.165, 1.54) is 0 Å². The Kier molecular flexibility index (Phi) is 4.90. The Morgan fingerprint density at radius 1 is 1.15 bits per heavy atom. The lowest BCUT2D eigenvalue weighted by atomic mass is 10.2. The molecule has 2 rings (SSSR count). The summed E-state index contributed by atoms with van der Waals surface area (Å²) in [6.07, 6.45) is 0. The minimum absolute atomic E-state index is 0.155. The molecule has 0 aliphatic rings. The molecule has 5 nitrogen and oxygen atoms in total. The van der Waals surface area contributed by atoms with Crippen molar-refractivity contribution in [1.82, 2.24) is 9.97 Å². The standard InChI is InChI=1S/C15H20N4O/c1-11(10-20)9-17-14-8-13(16-2)18-15(19-14)12-6-4-3-5-7-12/h3-8,11,20H,9-10H2,1-2H3,(H2,16,17,18,19). The van der Waals surface area contributed by atoms with Crippen LogP contribution < -0.4 is 10.6 Å². The molecule has 0 bridgehead atoms. The van der Waals surface area contributed by atoms with Crippen molar-refractivity contribution in [1.29, 1.82) is 0 Å². The van der Waals surface area contributed by atoms with E-state index in [-0.39, 0.29) is 12.5 Å². The lowest BCUT2D eigenvalue weighted by Crippen LogP contribution is -2.15. The van der Waals surface area contributed by atoms with Gasteiger partial charge in [-0.1, -0.05) is 37.3 Å². The molecule has 20 heavy (non-hydrogen) atoms. The predicted octanol–water partition coefficient (Wildman–Crippen LogP) is 2.23. The average Bonchev–Trinajstić information content (AvgIpc) is 2.53. The summed E-state index contributed by atoms with van der Waals surface area (Å²) in [7, 11) is 1.83. The van der Waals surface area contributed by atoms with Gasteiger partial charge in [0, 0.05) is 31.8 Å². The number of nitrogens with one attached hydrogen (secondary N) is 2. The number of aromatic nitrogens is 2. The van der Waals surface area contributed by atoms with E-state index in [9.17, 15) is 0 Å². The molecule has 1 aromatic carbocycles. The van der Waals surface area contributed by atoms with E-state index in [2.05, 4.69) is 20.6 Å². The summed E-state index contributed by atoms with van der Waals surface area (Å²) in [4.78, 5) is 8.97. The first-order valence-electron chi connectivity index (χ1n) is 6.70. The Labute approximate surface area is 119 Å². The topological polar surface area (TPSA) is 70.1 Å². The molecular formula is C15H20N4O. The van der Waals surface area contributed by atoms with Crippen molar-refractivity contribution in [2.24, 2.45) is 5.92 Å². The number of aliphatic hydroxyl groups is 1. The summed E-state index contributed by atoms with van der Waals surface area (Å²) in [5, 5.41) is 15.3. The van der Waals surface area contributed by atoms with Crippen molar-refractivity contribution in [3.8, 4) is 11.4 Å². The summed E-state index contributed by atoms with van der Waals surface area (Å²) in [5.41, 5.74) is 0.975. The van der Waals surface area contributed by atoms with Crippen LogP contribution in [-0.2, 0) is 0 Å². The summed E-state index contributed by atoms with van der Waals surface area (Å²) in [6, 6.07) is 11.7. The van der Waals surface area contributed by atoms with Crippen molar-refractivity contribution in [3.05, 3.63) is 36.4 Å². The van der Waals surface area contributed by atoms with Crippen LogP contribution in [0.15, 0.2) is 36.4 Å². The normalized spacial score (nSPS) is 11.9. The minimum atomic E-state index is 0.155. The minimum Gasteiger partial charge on any atom is -0.396 e. The van der Waals surface area contributed by atoms with Crippen LogP contribution in [0.3, 0.4) is 0 Å². The second-order valence-electron chi connectivity index (χ2n) is 4.75. The number of anilines is 2. The molecule has 106 valence electrons. The van der Waals surface area contributed by atoms with Crippen LogP contribution >= 0.6 is 0 Å². The first kappa shape index (κ1) is 14.3. The number of rotatable bonds is 6. The Balaban J connectivity index is 2.25. The van der Waals surface area contributed by atoms with Gasteiger partial charge in [-0.05, 0) is 5.92 Å². The van der Waals surface area contributed by atoms with Gasteiger partial charge >= 0.3 is 0 Å². The number of benzene rings is 1. The van der Waals surface area contributed by atoms with E-state index in [4.69, 9.17) is 5.11 Å².